The van der Waals surface area contributed by atoms with Gasteiger partial charge in [-0.25, -0.2) is 17.9 Å². The molecular formula is C18H22N6O3S2. The molecule has 11 heteroatoms. The minimum absolute atomic E-state index is 0.0758. The normalized spacial score (nSPS) is 15.9. The number of piperazine rings is 1. The van der Waals surface area contributed by atoms with Crippen LogP contribution in [0.1, 0.15) is 31.8 Å². The summed E-state index contributed by atoms with van der Waals surface area (Å²) in [7, 11) is -3.56. The van der Waals surface area contributed by atoms with Crippen LogP contribution in [0.4, 0.5) is 0 Å². The summed E-state index contributed by atoms with van der Waals surface area (Å²) in [5, 5.41) is 4.28. The average Bonchev–Trinajstić information content (AvgIpc) is 3.24. The summed E-state index contributed by atoms with van der Waals surface area (Å²) in [5.41, 5.74) is 1.65. The van der Waals surface area contributed by atoms with Crippen molar-refractivity contribution >= 4 is 33.0 Å². The zero-order valence-electron chi connectivity index (χ0n) is 16.7. The maximum Gasteiger partial charge on any atom is 0.293 e. The van der Waals surface area contributed by atoms with Gasteiger partial charge in [-0.05, 0) is 39.8 Å². The van der Waals surface area contributed by atoms with Crippen LogP contribution in [0.15, 0.2) is 17.0 Å². The van der Waals surface area contributed by atoms with Crippen LogP contribution in [0.3, 0.4) is 0 Å². The lowest BCUT2D eigenvalue weighted by molar-refractivity contribution is 0.0686. The largest absolute Gasteiger partial charge is 0.333 e. The standard InChI is InChI=1S/C18H22N6O3S2/c1-11-9-12(2)24-18(19-11)20-16(21-24)17(25)22-5-7-23(8-6-22)29(26,27)15-10-13(3)28-14(15)4/h9-10H,5-8H2,1-4H3. The van der Waals surface area contributed by atoms with Gasteiger partial charge < -0.3 is 4.90 Å². The van der Waals surface area contributed by atoms with E-state index in [9.17, 15) is 13.2 Å². The lowest BCUT2D eigenvalue weighted by atomic mass is 10.3. The van der Waals surface area contributed by atoms with Crippen molar-refractivity contribution in [2.24, 2.45) is 0 Å². The van der Waals surface area contributed by atoms with Gasteiger partial charge in [0.1, 0.15) is 0 Å². The number of carbonyl (C=O) groups excluding carboxylic acids is 1. The molecule has 3 aromatic rings. The summed E-state index contributed by atoms with van der Waals surface area (Å²) in [5.74, 6) is 0.148. The van der Waals surface area contributed by atoms with Crippen LogP contribution in [0.2, 0.25) is 0 Å². The first-order valence-corrected chi connectivity index (χ1v) is 11.5. The molecule has 1 saturated heterocycles. The lowest BCUT2D eigenvalue weighted by Crippen LogP contribution is -2.50. The van der Waals surface area contributed by atoms with Gasteiger partial charge in [0.25, 0.3) is 11.7 Å². The molecule has 0 aliphatic carbocycles. The third kappa shape index (κ3) is 3.53. The second-order valence-electron chi connectivity index (χ2n) is 7.16. The highest BCUT2D eigenvalue weighted by Gasteiger charge is 2.33. The van der Waals surface area contributed by atoms with Crippen molar-refractivity contribution in [3.05, 3.63) is 39.1 Å². The van der Waals surface area contributed by atoms with Gasteiger partial charge in [0, 0.05) is 47.3 Å². The first-order chi connectivity index (χ1) is 13.7. The second-order valence-corrected chi connectivity index (χ2v) is 10.5. The first-order valence-electron chi connectivity index (χ1n) is 9.24. The van der Waals surface area contributed by atoms with Gasteiger partial charge in [0.15, 0.2) is 0 Å². The van der Waals surface area contributed by atoms with Crippen LogP contribution in [0.5, 0.6) is 0 Å². The summed E-state index contributed by atoms with van der Waals surface area (Å²) in [4.78, 5) is 25.1. The maximum atomic E-state index is 12.9. The molecule has 0 saturated carbocycles. The van der Waals surface area contributed by atoms with Crippen LogP contribution in [-0.2, 0) is 10.0 Å². The van der Waals surface area contributed by atoms with Gasteiger partial charge in [-0.2, -0.15) is 9.29 Å². The SMILES string of the molecule is Cc1cc(C)n2nc(C(=O)N3CCN(S(=O)(=O)c4cc(C)sc4C)CC3)nc2n1. The third-order valence-electron chi connectivity index (χ3n) is 4.95. The Labute approximate surface area is 173 Å². The maximum absolute atomic E-state index is 12.9. The first kappa shape index (κ1) is 19.9. The highest BCUT2D eigenvalue weighted by molar-refractivity contribution is 7.89. The summed E-state index contributed by atoms with van der Waals surface area (Å²) in [6.45, 7) is 8.52. The summed E-state index contributed by atoms with van der Waals surface area (Å²) in [6, 6.07) is 3.58. The molecule has 29 heavy (non-hydrogen) atoms. The topological polar surface area (TPSA) is 101 Å². The molecule has 1 fully saturated rings. The van der Waals surface area contributed by atoms with Crippen LogP contribution in [0.25, 0.3) is 5.78 Å². The Balaban J connectivity index is 1.50. The van der Waals surface area contributed by atoms with Crippen LogP contribution >= 0.6 is 11.3 Å². The van der Waals surface area contributed by atoms with Crippen molar-refractivity contribution in [2.45, 2.75) is 32.6 Å². The third-order valence-corrected chi connectivity index (χ3v) is 8.07. The molecule has 0 bridgehead atoms. The second kappa shape index (κ2) is 7.15. The molecule has 1 amide bonds. The van der Waals surface area contributed by atoms with Crippen molar-refractivity contribution in [3.8, 4) is 0 Å². The highest BCUT2D eigenvalue weighted by atomic mass is 32.2. The molecule has 0 atom stereocenters. The van der Waals surface area contributed by atoms with E-state index in [2.05, 4.69) is 15.1 Å². The van der Waals surface area contributed by atoms with Crippen molar-refractivity contribution in [3.63, 3.8) is 0 Å². The Morgan fingerprint density at radius 3 is 2.34 bits per heavy atom. The molecule has 0 radical (unpaired) electrons. The number of carbonyl (C=O) groups is 1. The van der Waals surface area contributed by atoms with E-state index in [0.717, 1.165) is 21.1 Å². The Bertz CT molecular complexity index is 1210. The number of hydrogen-bond acceptors (Lipinski definition) is 7. The smallest absolute Gasteiger partial charge is 0.293 e. The number of amides is 1. The van der Waals surface area contributed by atoms with Crippen LogP contribution in [-0.4, -0.2) is 69.3 Å². The monoisotopic (exact) mass is 434 g/mol. The molecule has 0 spiro atoms. The van der Waals surface area contributed by atoms with Gasteiger partial charge in [0.2, 0.25) is 15.8 Å². The van der Waals surface area contributed by atoms with Crippen molar-refractivity contribution in [2.75, 3.05) is 26.2 Å². The molecule has 4 heterocycles. The number of thiophene rings is 1. The Morgan fingerprint density at radius 1 is 1.03 bits per heavy atom. The number of fused-ring (bicyclic) bond motifs is 1. The molecule has 154 valence electrons. The number of aromatic nitrogens is 4. The number of rotatable bonds is 3. The zero-order chi connectivity index (χ0) is 20.9. The van der Waals surface area contributed by atoms with Crippen molar-refractivity contribution < 1.29 is 13.2 Å². The number of aryl methyl sites for hydroxylation is 4. The predicted octanol–water partition coefficient (Wildman–Crippen LogP) is 1.57. The minimum atomic E-state index is -3.56. The van der Waals surface area contributed by atoms with Crippen LogP contribution < -0.4 is 0 Å². The molecular weight excluding hydrogens is 412 g/mol. The molecule has 0 N–H and O–H groups in total. The molecule has 0 unspecified atom stereocenters. The van der Waals surface area contributed by atoms with Gasteiger partial charge in [-0.15, -0.1) is 16.4 Å². The Morgan fingerprint density at radius 2 is 1.72 bits per heavy atom. The number of nitrogens with zero attached hydrogens (tertiary/aromatic N) is 6. The molecule has 1 aliphatic rings. The van der Waals surface area contributed by atoms with Gasteiger partial charge in [-0.3, -0.25) is 4.79 Å². The average molecular weight is 435 g/mol. The van der Waals surface area contributed by atoms with E-state index in [1.165, 1.54) is 15.6 Å². The zero-order valence-corrected chi connectivity index (χ0v) is 18.3. The molecule has 9 nitrogen and oxygen atoms in total. The fourth-order valence-electron chi connectivity index (χ4n) is 3.53. The number of hydrogen-bond donors (Lipinski definition) is 0. The fraction of sp³-hybridized carbons (Fsp3) is 0.444. The molecule has 3 aromatic heterocycles. The van der Waals surface area contributed by atoms with E-state index in [4.69, 9.17) is 0 Å². The summed E-state index contributed by atoms with van der Waals surface area (Å²) in [6.07, 6.45) is 0. The van der Waals surface area contributed by atoms with Gasteiger partial charge in [0.05, 0.1) is 4.90 Å². The lowest BCUT2D eigenvalue weighted by Gasteiger charge is -2.33. The summed E-state index contributed by atoms with van der Waals surface area (Å²) < 4.78 is 28.9. The van der Waals surface area contributed by atoms with Crippen molar-refractivity contribution in [1.29, 1.82) is 0 Å². The quantitative estimate of drug-likeness (QED) is 0.620. The molecule has 1 aliphatic heterocycles. The van der Waals surface area contributed by atoms with E-state index in [1.807, 2.05) is 33.8 Å². The fourth-order valence-corrected chi connectivity index (χ4v) is 6.48. The summed E-state index contributed by atoms with van der Waals surface area (Å²) >= 11 is 1.47. The van der Waals surface area contributed by atoms with E-state index in [-0.39, 0.29) is 24.8 Å². The van der Waals surface area contributed by atoms with Crippen LogP contribution in [0, 0.1) is 27.7 Å². The van der Waals surface area contributed by atoms with E-state index in [0.29, 0.717) is 23.8 Å². The van der Waals surface area contributed by atoms with E-state index < -0.39 is 10.0 Å². The predicted molar refractivity (Wildman–Crippen MR) is 109 cm³/mol. The highest BCUT2D eigenvalue weighted by Crippen LogP contribution is 2.28. The molecule has 4 rings (SSSR count). The molecule has 0 aromatic carbocycles. The Hall–Kier alpha value is -2.37. The number of sulfonamides is 1. The Kier molecular flexibility index (Phi) is 4.91. The van der Waals surface area contributed by atoms with E-state index >= 15 is 0 Å². The van der Waals surface area contributed by atoms with E-state index in [1.54, 1.807) is 15.5 Å². The van der Waals surface area contributed by atoms with Gasteiger partial charge in [-0.1, -0.05) is 0 Å². The minimum Gasteiger partial charge on any atom is -0.333 e. The van der Waals surface area contributed by atoms with Crippen molar-refractivity contribution in [1.82, 2.24) is 28.8 Å². The van der Waals surface area contributed by atoms with Gasteiger partial charge >= 0.3 is 0 Å².